The van der Waals surface area contributed by atoms with Gasteiger partial charge in [0.15, 0.2) is 0 Å². The van der Waals surface area contributed by atoms with Crippen LogP contribution in [-0.4, -0.2) is 41.7 Å². The quantitative estimate of drug-likeness (QED) is 0.897. The van der Waals surface area contributed by atoms with Crippen molar-refractivity contribution in [1.29, 1.82) is 0 Å². The van der Waals surface area contributed by atoms with Gasteiger partial charge >= 0.3 is 0 Å². The summed E-state index contributed by atoms with van der Waals surface area (Å²) in [7, 11) is 0. The molecule has 0 radical (unpaired) electrons. The molecule has 2 aliphatic rings. The monoisotopic (exact) mass is 288 g/mol. The predicted molar refractivity (Wildman–Crippen MR) is 86.3 cm³/mol. The Kier molecular flexibility index (Phi) is 4.34. The van der Waals surface area contributed by atoms with E-state index in [1.165, 1.54) is 32.1 Å². The summed E-state index contributed by atoms with van der Waals surface area (Å²) in [4.78, 5) is 2.57. The average molecular weight is 288 g/mol. The zero-order valence-corrected chi connectivity index (χ0v) is 13.1. The molecule has 1 aliphatic heterocycles. The van der Waals surface area contributed by atoms with Gasteiger partial charge in [0, 0.05) is 31.7 Å². The van der Waals surface area contributed by atoms with Crippen LogP contribution in [0, 0.1) is 0 Å². The number of benzene rings is 1. The van der Waals surface area contributed by atoms with Gasteiger partial charge in [-0.05, 0) is 25.3 Å². The fraction of sp³-hybridized carbons (Fsp3) is 0.667. The van der Waals surface area contributed by atoms with E-state index < -0.39 is 5.60 Å². The van der Waals surface area contributed by atoms with Crippen LogP contribution in [0.5, 0.6) is 0 Å². The summed E-state index contributed by atoms with van der Waals surface area (Å²) >= 11 is 0. The van der Waals surface area contributed by atoms with Crippen molar-refractivity contribution in [3.8, 4) is 0 Å². The lowest BCUT2D eigenvalue weighted by atomic mass is 9.78. The van der Waals surface area contributed by atoms with Crippen LogP contribution >= 0.6 is 0 Å². The molecule has 1 unspecified atom stereocenters. The van der Waals surface area contributed by atoms with E-state index in [2.05, 4.69) is 10.2 Å². The Balaban J connectivity index is 1.78. The Morgan fingerprint density at radius 3 is 2.62 bits per heavy atom. The highest BCUT2D eigenvalue weighted by atomic mass is 16.3. The molecule has 0 aromatic heterocycles. The second-order valence-corrected chi connectivity index (χ2v) is 7.02. The Morgan fingerprint density at radius 1 is 1.19 bits per heavy atom. The number of nitrogens with zero attached hydrogens (tertiary/aromatic N) is 1. The van der Waals surface area contributed by atoms with Gasteiger partial charge in [-0.3, -0.25) is 4.90 Å². The third-order valence-corrected chi connectivity index (χ3v) is 5.36. The van der Waals surface area contributed by atoms with Crippen molar-refractivity contribution in [1.82, 2.24) is 10.2 Å². The van der Waals surface area contributed by atoms with E-state index in [-0.39, 0.29) is 5.54 Å². The van der Waals surface area contributed by atoms with Crippen LogP contribution in [0.1, 0.15) is 44.6 Å². The maximum absolute atomic E-state index is 11.0. The molecule has 2 fully saturated rings. The van der Waals surface area contributed by atoms with Gasteiger partial charge < -0.3 is 10.4 Å². The van der Waals surface area contributed by atoms with E-state index in [0.717, 1.165) is 31.7 Å². The first-order valence-electron chi connectivity index (χ1n) is 8.36. The van der Waals surface area contributed by atoms with Crippen molar-refractivity contribution < 1.29 is 5.11 Å². The topological polar surface area (TPSA) is 35.5 Å². The molecule has 1 saturated carbocycles. The van der Waals surface area contributed by atoms with Crippen LogP contribution in [0.3, 0.4) is 0 Å². The Bertz CT molecular complexity index is 443. The maximum Gasteiger partial charge on any atom is 0.0995 e. The van der Waals surface area contributed by atoms with E-state index >= 15 is 0 Å². The fourth-order valence-corrected chi connectivity index (χ4v) is 4.09. The summed E-state index contributed by atoms with van der Waals surface area (Å²) < 4.78 is 0. The number of β-amino-alcohol motifs (C(OH)–C–C–N with tert-alkyl or cyclic N) is 1. The second-order valence-electron chi connectivity index (χ2n) is 7.02. The molecule has 0 amide bonds. The van der Waals surface area contributed by atoms with Gasteiger partial charge in [0.2, 0.25) is 0 Å². The highest BCUT2D eigenvalue weighted by Gasteiger charge is 2.42. The maximum atomic E-state index is 11.0. The molecule has 3 nitrogen and oxygen atoms in total. The summed E-state index contributed by atoms with van der Waals surface area (Å²) in [5, 5.41) is 14.6. The lowest BCUT2D eigenvalue weighted by molar-refractivity contribution is -0.0496. The predicted octanol–water partition coefficient (Wildman–Crippen LogP) is 2.50. The van der Waals surface area contributed by atoms with Crippen molar-refractivity contribution in [2.45, 2.75) is 50.2 Å². The zero-order chi connectivity index (χ0) is 14.8. The number of hydrogen-bond acceptors (Lipinski definition) is 3. The van der Waals surface area contributed by atoms with E-state index in [1.54, 1.807) is 0 Å². The summed E-state index contributed by atoms with van der Waals surface area (Å²) in [5.41, 5.74) is 0.521. The standard InChI is InChI=1S/C18H28N2O/c1-17(21,16-8-4-2-5-9-16)15-20-13-12-19-14-18(20)10-6-3-7-11-18/h2,4-5,8-9,19,21H,3,6-7,10-15H2,1H3. The fourth-order valence-electron chi connectivity index (χ4n) is 4.09. The molecule has 21 heavy (non-hydrogen) atoms. The molecule has 1 heterocycles. The van der Waals surface area contributed by atoms with Gasteiger partial charge in [-0.2, -0.15) is 0 Å². The molecule has 0 bridgehead atoms. The molecule has 1 spiro atoms. The van der Waals surface area contributed by atoms with Crippen molar-refractivity contribution in [2.24, 2.45) is 0 Å². The van der Waals surface area contributed by atoms with E-state index in [0.29, 0.717) is 0 Å². The Hall–Kier alpha value is -0.900. The van der Waals surface area contributed by atoms with Crippen molar-refractivity contribution in [2.75, 3.05) is 26.2 Å². The van der Waals surface area contributed by atoms with Gasteiger partial charge in [-0.25, -0.2) is 0 Å². The minimum atomic E-state index is -0.775. The van der Waals surface area contributed by atoms with Crippen molar-refractivity contribution in [3.05, 3.63) is 35.9 Å². The van der Waals surface area contributed by atoms with Crippen molar-refractivity contribution >= 4 is 0 Å². The highest BCUT2D eigenvalue weighted by Crippen LogP contribution is 2.36. The molecule has 1 saturated heterocycles. The summed E-state index contributed by atoms with van der Waals surface area (Å²) in [5.74, 6) is 0. The first-order chi connectivity index (χ1) is 10.1. The molecule has 1 atom stereocenters. The molecule has 2 N–H and O–H groups in total. The van der Waals surface area contributed by atoms with Gasteiger partial charge in [-0.15, -0.1) is 0 Å². The van der Waals surface area contributed by atoms with Crippen LogP contribution in [0.25, 0.3) is 0 Å². The third kappa shape index (κ3) is 3.15. The van der Waals surface area contributed by atoms with Crippen LogP contribution in [0.2, 0.25) is 0 Å². The minimum Gasteiger partial charge on any atom is -0.384 e. The summed E-state index contributed by atoms with van der Waals surface area (Å²) in [6.45, 7) is 5.85. The summed E-state index contributed by atoms with van der Waals surface area (Å²) in [6.07, 6.45) is 6.55. The zero-order valence-electron chi connectivity index (χ0n) is 13.1. The number of aliphatic hydroxyl groups is 1. The number of piperazine rings is 1. The molecule has 1 aromatic rings. The van der Waals surface area contributed by atoms with Crippen molar-refractivity contribution in [3.63, 3.8) is 0 Å². The largest absolute Gasteiger partial charge is 0.384 e. The van der Waals surface area contributed by atoms with Crippen LogP contribution in [0.4, 0.5) is 0 Å². The Labute approximate surface area is 128 Å². The molecule has 116 valence electrons. The lowest BCUT2D eigenvalue weighted by Gasteiger charge is -2.51. The molecule has 3 rings (SSSR count). The number of nitrogens with one attached hydrogen (secondary N) is 1. The normalized spacial score (nSPS) is 25.6. The highest BCUT2D eigenvalue weighted by molar-refractivity contribution is 5.22. The SMILES string of the molecule is CC(O)(CN1CCNCC12CCCCC2)c1ccccc1. The van der Waals surface area contributed by atoms with Gasteiger partial charge in [0.25, 0.3) is 0 Å². The molecular formula is C18H28N2O. The van der Waals surface area contributed by atoms with E-state index in [9.17, 15) is 5.11 Å². The Morgan fingerprint density at radius 2 is 1.90 bits per heavy atom. The molecule has 1 aromatic carbocycles. The smallest absolute Gasteiger partial charge is 0.0995 e. The molecule has 1 aliphatic carbocycles. The third-order valence-electron chi connectivity index (χ3n) is 5.36. The second kappa shape index (κ2) is 6.07. The first-order valence-corrected chi connectivity index (χ1v) is 8.36. The average Bonchev–Trinajstić information content (AvgIpc) is 2.51. The molecular weight excluding hydrogens is 260 g/mol. The van der Waals surface area contributed by atoms with E-state index in [1.807, 2.05) is 37.3 Å². The van der Waals surface area contributed by atoms with Gasteiger partial charge in [0.1, 0.15) is 0 Å². The number of rotatable bonds is 3. The molecule has 3 heteroatoms. The number of hydrogen-bond donors (Lipinski definition) is 2. The van der Waals surface area contributed by atoms with Crippen LogP contribution < -0.4 is 5.32 Å². The van der Waals surface area contributed by atoms with Crippen LogP contribution in [-0.2, 0) is 5.60 Å². The minimum absolute atomic E-state index is 0.273. The van der Waals surface area contributed by atoms with Gasteiger partial charge in [0.05, 0.1) is 5.60 Å². The lowest BCUT2D eigenvalue weighted by Crippen LogP contribution is -2.64. The van der Waals surface area contributed by atoms with Gasteiger partial charge in [-0.1, -0.05) is 49.6 Å². The first kappa shape index (κ1) is 15.0. The van der Waals surface area contributed by atoms with E-state index in [4.69, 9.17) is 0 Å². The summed E-state index contributed by atoms with van der Waals surface area (Å²) in [6, 6.07) is 10.1. The van der Waals surface area contributed by atoms with Crippen LogP contribution in [0.15, 0.2) is 30.3 Å².